The molecule has 0 unspecified atom stereocenters. The van der Waals surface area contributed by atoms with Crippen LogP contribution in [0, 0.1) is 11.6 Å². The van der Waals surface area contributed by atoms with Crippen LogP contribution < -0.4 is 26.6 Å². The van der Waals surface area contributed by atoms with E-state index in [0.29, 0.717) is 34.7 Å². The highest BCUT2D eigenvalue weighted by molar-refractivity contribution is 5.99. The van der Waals surface area contributed by atoms with Gasteiger partial charge in [0.1, 0.15) is 17.5 Å². The number of amides is 1. The first kappa shape index (κ1) is 29.7. The zero-order valence-corrected chi connectivity index (χ0v) is 22.9. The van der Waals surface area contributed by atoms with Gasteiger partial charge in [-0.3, -0.25) is 9.79 Å². The number of nitrogens with two attached hydrogens (primary N) is 1. The summed E-state index contributed by atoms with van der Waals surface area (Å²) >= 11 is 0. The standard InChI is InChI=1S/C28H33F2N9O/c1-6-26(40)34-19-8-9-22(29)24(14-19)36-27-21(17-33-28(37-27)35-20(15-31)16-32-2)18-7-10-25(23(30)13-18)39(5)12-11-38(3)4/h6-10,13-17H,1,11-12,31H2,2-5H3,(H,34,40)(H2,33,35,36,37). The molecule has 12 heteroatoms. The van der Waals surface area contributed by atoms with Crippen molar-refractivity contribution in [1.82, 2.24) is 14.9 Å². The summed E-state index contributed by atoms with van der Waals surface area (Å²) in [5.74, 6) is -1.15. The summed E-state index contributed by atoms with van der Waals surface area (Å²) < 4.78 is 30.1. The predicted molar refractivity (Wildman–Crippen MR) is 158 cm³/mol. The number of hydrogen-bond donors (Lipinski definition) is 4. The van der Waals surface area contributed by atoms with Crippen molar-refractivity contribution in [2.45, 2.75) is 0 Å². The molecule has 0 fully saturated rings. The smallest absolute Gasteiger partial charge is 0.247 e. The Balaban J connectivity index is 2.04. The molecule has 40 heavy (non-hydrogen) atoms. The van der Waals surface area contributed by atoms with E-state index in [9.17, 15) is 9.18 Å². The molecule has 210 valence electrons. The monoisotopic (exact) mass is 549 g/mol. The highest BCUT2D eigenvalue weighted by Crippen LogP contribution is 2.33. The second-order valence-corrected chi connectivity index (χ2v) is 8.99. The van der Waals surface area contributed by atoms with E-state index in [-0.39, 0.29) is 17.5 Å². The van der Waals surface area contributed by atoms with Gasteiger partial charge in [0.2, 0.25) is 11.9 Å². The van der Waals surface area contributed by atoms with Crippen molar-refractivity contribution in [2.75, 3.05) is 62.1 Å². The number of nitrogens with one attached hydrogen (secondary N) is 3. The van der Waals surface area contributed by atoms with Gasteiger partial charge in [-0.2, -0.15) is 4.98 Å². The Hall–Kier alpha value is -4.84. The van der Waals surface area contributed by atoms with Gasteiger partial charge in [0, 0.05) is 57.0 Å². The minimum absolute atomic E-state index is 0.0259. The third-order valence-corrected chi connectivity index (χ3v) is 5.72. The van der Waals surface area contributed by atoms with Crippen molar-refractivity contribution in [2.24, 2.45) is 10.7 Å². The van der Waals surface area contributed by atoms with Gasteiger partial charge in [-0.05, 0) is 56.1 Å². The number of aromatic nitrogens is 2. The van der Waals surface area contributed by atoms with Crippen LogP contribution in [0.25, 0.3) is 11.1 Å². The van der Waals surface area contributed by atoms with Gasteiger partial charge in [0.05, 0.1) is 17.1 Å². The van der Waals surface area contributed by atoms with Gasteiger partial charge >= 0.3 is 0 Å². The van der Waals surface area contributed by atoms with Crippen LogP contribution in [0.2, 0.25) is 0 Å². The van der Waals surface area contributed by atoms with Gasteiger partial charge in [0.25, 0.3) is 0 Å². The molecule has 3 rings (SSSR count). The molecule has 0 saturated carbocycles. The fourth-order valence-electron chi connectivity index (χ4n) is 3.61. The van der Waals surface area contributed by atoms with E-state index in [1.165, 1.54) is 42.9 Å². The molecule has 0 bridgehead atoms. The van der Waals surface area contributed by atoms with Crippen LogP contribution in [-0.4, -0.2) is 68.3 Å². The second kappa shape index (κ2) is 13.8. The molecule has 5 N–H and O–H groups in total. The van der Waals surface area contributed by atoms with Crippen LogP contribution >= 0.6 is 0 Å². The number of likely N-dealkylation sites (N-methyl/N-ethyl adjacent to an activating group) is 2. The van der Waals surface area contributed by atoms with Crippen LogP contribution in [0.4, 0.5) is 37.6 Å². The summed E-state index contributed by atoms with van der Waals surface area (Å²) in [5, 5.41) is 8.48. The maximum atomic E-state index is 15.3. The van der Waals surface area contributed by atoms with Crippen molar-refractivity contribution in [3.63, 3.8) is 0 Å². The van der Waals surface area contributed by atoms with Gasteiger partial charge in [-0.25, -0.2) is 13.8 Å². The van der Waals surface area contributed by atoms with E-state index in [1.807, 2.05) is 30.9 Å². The molecule has 3 aromatic rings. The van der Waals surface area contributed by atoms with Crippen molar-refractivity contribution < 1.29 is 13.6 Å². The number of carbonyl (C=O) groups excluding carboxylic acids is 1. The zero-order valence-electron chi connectivity index (χ0n) is 22.9. The number of benzene rings is 2. The lowest BCUT2D eigenvalue weighted by molar-refractivity contribution is -0.111. The number of carbonyl (C=O) groups is 1. The maximum absolute atomic E-state index is 15.3. The molecular weight excluding hydrogens is 516 g/mol. The summed E-state index contributed by atoms with van der Waals surface area (Å²) in [6, 6.07) is 8.83. The SMILES string of the molecule is C=CC(=O)Nc1ccc(F)c(Nc2nc(NC(C=NC)=CN)ncc2-c2ccc(N(C)CCN(C)C)c(F)c2)c1. The first-order valence-corrected chi connectivity index (χ1v) is 12.3. The molecule has 0 aliphatic carbocycles. The molecule has 0 aliphatic heterocycles. The quantitative estimate of drug-likeness (QED) is 0.196. The van der Waals surface area contributed by atoms with Crippen LogP contribution in [0.3, 0.4) is 0 Å². The number of nitrogens with zero attached hydrogens (tertiary/aromatic N) is 5. The highest BCUT2D eigenvalue weighted by atomic mass is 19.1. The molecule has 1 heterocycles. The number of hydrogen-bond acceptors (Lipinski definition) is 9. The molecule has 10 nitrogen and oxygen atoms in total. The molecule has 2 aromatic carbocycles. The number of anilines is 5. The van der Waals surface area contributed by atoms with Gasteiger partial charge in [-0.1, -0.05) is 12.6 Å². The Morgan fingerprint density at radius 2 is 1.88 bits per heavy atom. The summed E-state index contributed by atoms with van der Waals surface area (Å²) in [4.78, 5) is 28.3. The fraction of sp³-hybridized carbons (Fsp3) is 0.214. The molecule has 0 spiro atoms. The molecule has 0 aliphatic rings. The first-order chi connectivity index (χ1) is 19.1. The number of aliphatic imine (C=N–C) groups is 1. The Bertz CT molecular complexity index is 1420. The number of allylic oxidation sites excluding steroid dienone is 1. The minimum Gasteiger partial charge on any atom is -0.403 e. The van der Waals surface area contributed by atoms with E-state index >= 15 is 4.39 Å². The van der Waals surface area contributed by atoms with E-state index in [2.05, 4.69) is 37.5 Å². The molecule has 0 atom stereocenters. The Morgan fingerprint density at radius 1 is 1.10 bits per heavy atom. The van der Waals surface area contributed by atoms with Crippen LogP contribution in [0.15, 0.2) is 72.1 Å². The number of rotatable bonds is 12. The predicted octanol–water partition coefficient (Wildman–Crippen LogP) is 4.20. The van der Waals surface area contributed by atoms with Crippen LogP contribution in [0.5, 0.6) is 0 Å². The van der Waals surface area contributed by atoms with Gasteiger partial charge in [0.15, 0.2) is 0 Å². The van der Waals surface area contributed by atoms with Crippen molar-refractivity contribution in [1.29, 1.82) is 0 Å². The molecule has 0 saturated heterocycles. The Kier molecular flexibility index (Phi) is 10.3. The fourth-order valence-corrected chi connectivity index (χ4v) is 3.61. The summed E-state index contributed by atoms with van der Waals surface area (Å²) in [6.45, 7) is 4.81. The lowest BCUT2D eigenvalue weighted by Gasteiger charge is -2.22. The summed E-state index contributed by atoms with van der Waals surface area (Å²) in [6.07, 6.45) is 5.37. The molecule has 0 radical (unpaired) electrons. The van der Waals surface area contributed by atoms with Crippen molar-refractivity contribution in [3.05, 3.63) is 78.8 Å². The third kappa shape index (κ3) is 7.84. The lowest BCUT2D eigenvalue weighted by Crippen LogP contribution is -2.28. The minimum atomic E-state index is -0.597. The summed E-state index contributed by atoms with van der Waals surface area (Å²) in [5.41, 5.74) is 7.76. The van der Waals surface area contributed by atoms with Crippen LogP contribution in [-0.2, 0) is 4.79 Å². The average molecular weight is 550 g/mol. The van der Waals surface area contributed by atoms with E-state index in [4.69, 9.17) is 5.73 Å². The largest absolute Gasteiger partial charge is 0.403 e. The Morgan fingerprint density at radius 3 is 2.52 bits per heavy atom. The third-order valence-electron chi connectivity index (χ3n) is 5.72. The van der Waals surface area contributed by atoms with Gasteiger partial charge < -0.3 is 31.5 Å². The number of halogens is 2. The van der Waals surface area contributed by atoms with Crippen LogP contribution in [0.1, 0.15) is 0 Å². The van der Waals surface area contributed by atoms with Crippen molar-refractivity contribution >= 4 is 41.0 Å². The van der Waals surface area contributed by atoms with Crippen molar-refractivity contribution in [3.8, 4) is 11.1 Å². The summed E-state index contributed by atoms with van der Waals surface area (Å²) in [7, 11) is 7.31. The Labute approximate surface area is 232 Å². The average Bonchev–Trinajstić information content (AvgIpc) is 2.93. The molecule has 1 amide bonds. The lowest BCUT2D eigenvalue weighted by atomic mass is 10.1. The normalized spacial score (nSPS) is 11.5. The molecular formula is C28H33F2N9O. The zero-order chi connectivity index (χ0) is 29.2. The van der Waals surface area contributed by atoms with E-state index in [0.717, 1.165) is 12.6 Å². The first-order valence-electron chi connectivity index (χ1n) is 12.3. The highest BCUT2D eigenvalue weighted by Gasteiger charge is 2.16. The van der Waals surface area contributed by atoms with Gasteiger partial charge in [-0.15, -0.1) is 0 Å². The topological polar surface area (TPSA) is 124 Å². The van der Waals surface area contributed by atoms with E-state index < -0.39 is 17.5 Å². The molecule has 1 aromatic heterocycles. The maximum Gasteiger partial charge on any atom is 0.247 e. The second-order valence-electron chi connectivity index (χ2n) is 8.99. The van der Waals surface area contributed by atoms with E-state index in [1.54, 1.807) is 19.2 Å².